The van der Waals surface area contributed by atoms with Gasteiger partial charge in [-0.15, -0.1) is 0 Å². The molecule has 1 aromatic rings. The van der Waals surface area contributed by atoms with Crippen LogP contribution in [-0.4, -0.2) is 12.3 Å². The second kappa shape index (κ2) is 4.74. The lowest BCUT2D eigenvalue weighted by Crippen LogP contribution is -2.38. The van der Waals surface area contributed by atoms with Crippen molar-refractivity contribution in [1.29, 1.82) is 0 Å². The number of halogens is 1. The van der Waals surface area contributed by atoms with Crippen molar-refractivity contribution in [1.82, 2.24) is 5.32 Å². The number of hydrogen-bond acceptors (Lipinski definition) is 3. The standard InChI is InChI=1S/C14H18BrNO2/c1-14(4-2-3-5-14)16-8-10-6-11(15)13-12(7-10)17-9-18-13/h6-7,16H,2-5,8-9H2,1H3. The van der Waals surface area contributed by atoms with E-state index in [1.165, 1.54) is 31.2 Å². The number of rotatable bonds is 3. The summed E-state index contributed by atoms with van der Waals surface area (Å²) in [5, 5.41) is 3.68. The Bertz CT molecular complexity index is 455. The van der Waals surface area contributed by atoms with Gasteiger partial charge in [-0.1, -0.05) is 12.8 Å². The molecule has 1 aromatic carbocycles. The summed E-state index contributed by atoms with van der Waals surface area (Å²) in [6, 6.07) is 4.18. The van der Waals surface area contributed by atoms with Crippen molar-refractivity contribution in [2.75, 3.05) is 6.79 Å². The van der Waals surface area contributed by atoms with Gasteiger partial charge in [-0.2, -0.15) is 0 Å². The minimum Gasteiger partial charge on any atom is -0.454 e. The quantitative estimate of drug-likeness (QED) is 0.925. The van der Waals surface area contributed by atoms with Crippen LogP contribution in [0.4, 0.5) is 0 Å². The van der Waals surface area contributed by atoms with Gasteiger partial charge in [0.2, 0.25) is 6.79 Å². The van der Waals surface area contributed by atoms with E-state index in [2.05, 4.69) is 40.3 Å². The van der Waals surface area contributed by atoms with Crippen LogP contribution in [0.3, 0.4) is 0 Å². The average molecular weight is 312 g/mol. The van der Waals surface area contributed by atoms with Gasteiger partial charge in [0.05, 0.1) is 4.47 Å². The lowest BCUT2D eigenvalue weighted by atomic mass is 10.0. The molecule has 0 radical (unpaired) electrons. The molecule has 0 amide bonds. The Morgan fingerprint density at radius 2 is 2.06 bits per heavy atom. The molecule has 3 rings (SSSR count). The topological polar surface area (TPSA) is 30.5 Å². The monoisotopic (exact) mass is 311 g/mol. The number of hydrogen-bond donors (Lipinski definition) is 1. The molecule has 18 heavy (non-hydrogen) atoms. The SMILES string of the molecule is CC1(NCc2cc(Br)c3c(c2)OCO3)CCCC1. The predicted molar refractivity (Wildman–Crippen MR) is 74.0 cm³/mol. The molecule has 0 aromatic heterocycles. The van der Waals surface area contributed by atoms with Crippen LogP contribution in [0, 0.1) is 0 Å². The van der Waals surface area contributed by atoms with Crippen LogP contribution in [0.2, 0.25) is 0 Å². The van der Waals surface area contributed by atoms with E-state index in [1.54, 1.807) is 0 Å². The van der Waals surface area contributed by atoms with Crippen molar-refractivity contribution in [3.8, 4) is 11.5 Å². The van der Waals surface area contributed by atoms with Crippen LogP contribution in [0.5, 0.6) is 11.5 Å². The maximum absolute atomic E-state index is 5.44. The van der Waals surface area contributed by atoms with Gasteiger partial charge < -0.3 is 14.8 Å². The molecular formula is C14H18BrNO2. The number of nitrogens with one attached hydrogen (secondary N) is 1. The Morgan fingerprint density at radius 3 is 2.83 bits per heavy atom. The van der Waals surface area contributed by atoms with Crippen LogP contribution >= 0.6 is 15.9 Å². The summed E-state index contributed by atoms with van der Waals surface area (Å²) in [7, 11) is 0. The molecule has 1 aliphatic carbocycles. The summed E-state index contributed by atoms with van der Waals surface area (Å²) >= 11 is 3.53. The molecule has 1 fully saturated rings. The Kier molecular flexibility index (Phi) is 3.24. The minimum absolute atomic E-state index is 0.308. The van der Waals surface area contributed by atoms with Crippen molar-refractivity contribution in [3.05, 3.63) is 22.2 Å². The fourth-order valence-corrected chi connectivity index (χ4v) is 3.37. The van der Waals surface area contributed by atoms with Crippen LogP contribution in [0.1, 0.15) is 38.2 Å². The molecular weight excluding hydrogens is 294 g/mol. The van der Waals surface area contributed by atoms with Gasteiger partial charge in [0.15, 0.2) is 11.5 Å². The van der Waals surface area contributed by atoms with Crippen molar-refractivity contribution < 1.29 is 9.47 Å². The Balaban J connectivity index is 1.71. The summed E-state index contributed by atoms with van der Waals surface area (Å²) in [5.74, 6) is 1.67. The first-order valence-electron chi connectivity index (χ1n) is 6.49. The molecule has 1 N–H and O–H groups in total. The molecule has 3 nitrogen and oxygen atoms in total. The minimum atomic E-state index is 0.308. The van der Waals surface area contributed by atoms with E-state index in [0.29, 0.717) is 12.3 Å². The summed E-state index contributed by atoms with van der Waals surface area (Å²) in [6.45, 7) is 3.52. The van der Waals surface area contributed by atoms with Gasteiger partial charge in [-0.3, -0.25) is 0 Å². The summed E-state index contributed by atoms with van der Waals surface area (Å²) in [4.78, 5) is 0. The van der Waals surface area contributed by atoms with Gasteiger partial charge in [0.1, 0.15) is 0 Å². The summed E-state index contributed by atoms with van der Waals surface area (Å²) < 4.78 is 11.8. The smallest absolute Gasteiger partial charge is 0.231 e. The second-order valence-corrected chi connectivity index (χ2v) is 6.29. The van der Waals surface area contributed by atoms with Gasteiger partial charge in [-0.25, -0.2) is 0 Å². The highest BCUT2D eigenvalue weighted by Crippen LogP contribution is 2.40. The Hall–Kier alpha value is -0.740. The summed E-state index contributed by atoms with van der Waals surface area (Å²) in [6.07, 6.45) is 5.24. The second-order valence-electron chi connectivity index (χ2n) is 5.43. The number of ether oxygens (including phenoxy) is 2. The molecule has 4 heteroatoms. The van der Waals surface area contributed by atoms with E-state index >= 15 is 0 Å². The zero-order chi connectivity index (χ0) is 12.6. The lowest BCUT2D eigenvalue weighted by Gasteiger charge is -2.25. The van der Waals surface area contributed by atoms with Crippen LogP contribution in [-0.2, 0) is 6.54 Å². The van der Waals surface area contributed by atoms with E-state index in [1.807, 2.05) is 0 Å². The molecule has 1 heterocycles. The highest BCUT2D eigenvalue weighted by atomic mass is 79.9. The maximum atomic E-state index is 5.44. The molecule has 0 saturated heterocycles. The maximum Gasteiger partial charge on any atom is 0.231 e. The molecule has 98 valence electrons. The highest BCUT2D eigenvalue weighted by Gasteiger charge is 2.28. The highest BCUT2D eigenvalue weighted by molar-refractivity contribution is 9.10. The molecule has 2 aliphatic rings. The lowest BCUT2D eigenvalue weighted by molar-refractivity contribution is 0.173. The zero-order valence-corrected chi connectivity index (χ0v) is 12.2. The molecule has 0 spiro atoms. The molecule has 1 aliphatic heterocycles. The van der Waals surface area contributed by atoms with Gasteiger partial charge >= 0.3 is 0 Å². The van der Waals surface area contributed by atoms with Crippen molar-refractivity contribution >= 4 is 15.9 Å². The number of benzene rings is 1. The van der Waals surface area contributed by atoms with E-state index in [0.717, 1.165) is 22.5 Å². The average Bonchev–Trinajstić information content (AvgIpc) is 2.96. The van der Waals surface area contributed by atoms with Crippen molar-refractivity contribution in [2.24, 2.45) is 0 Å². The normalized spacial score (nSPS) is 20.3. The number of fused-ring (bicyclic) bond motifs is 1. The third-order valence-electron chi connectivity index (χ3n) is 3.91. The third-order valence-corrected chi connectivity index (χ3v) is 4.50. The first-order valence-corrected chi connectivity index (χ1v) is 7.29. The first-order chi connectivity index (χ1) is 8.66. The van der Waals surface area contributed by atoms with Crippen LogP contribution in [0.25, 0.3) is 0 Å². The Morgan fingerprint density at radius 1 is 1.28 bits per heavy atom. The first kappa shape index (κ1) is 12.3. The van der Waals surface area contributed by atoms with Crippen molar-refractivity contribution in [2.45, 2.75) is 44.7 Å². The Labute approximate surface area is 116 Å². The van der Waals surface area contributed by atoms with Crippen molar-refractivity contribution in [3.63, 3.8) is 0 Å². The molecule has 0 unspecified atom stereocenters. The van der Waals surface area contributed by atoms with Crippen LogP contribution in [0.15, 0.2) is 16.6 Å². The largest absolute Gasteiger partial charge is 0.454 e. The van der Waals surface area contributed by atoms with Gasteiger partial charge in [0, 0.05) is 12.1 Å². The predicted octanol–water partition coefficient (Wildman–Crippen LogP) is 3.60. The zero-order valence-electron chi connectivity index (χ0n) is 10.6. The van der Waals surface area contributed by atoms with Crippen LogP contribution < -0.4 is 14.8 Å². The van der Waals surface area contributed by atoms with Gasteiger partial charge in [0.25, 0.3) is 0 Å². The third kappa shape index (κ3) is 2.36. The summed E-state index contributed by atoms with van der Waals surface area (Å²) in [5.41, 5.74) is 1.54. The fraction of sp³-hybridized carbons (Fsp3) is 0.571. The van der Waals surface area contributed by atoms with E-state index in [-0.39, 0.29) is 0 Å². The molecule has 0 bridgehead atoms. The van der Waals surface area contributed by atoms with E-state index in [9.17, 15) is 0 Å². The van der Waals surface area contributed by atoms with E-state index in [4.69, 9.17) is 9.47 Å². The van der Waals surface area contributed by atoms with Gasteiger partial charge in [-0.05, 0) is 53.4 Å². The fourth-order valence-electron chi connectivity index (χ4n) is 2.77. The molecule has 1 saturated carbocycles. The molecule has 0 atom stereocenters. The van der Waals surface area contributed by atoms with E-state index < -0.39 is 0 Å².